The van der Waals surface area contributed by atoms with E-state index in [2.05, 4.69) is 40.1 Å². The van der Waals surface area contributed by atoms with Crippen LogP contribution in [0.2, 0.25) is 0 Å². The Morgan fingerprint density at radius 3 is 2.67 bits per heavy atom. The summed E-state index contributed by atoms with van der Waals surface area (Å²) >= 11 is 8.21. The number of para-hydroxylation sites is 1. The predicted octanol–water partition coefficient (Wildman–Crippen LogP) is 4.42. The van der Waals surface area contributed by atoms with Crippen molar-refractivity contribution in [1.82, 2.24) is 4.98 Å². The lowest BCUT2D eigenvalue weighted by Gasteiger charge is -2.15. The van der Waals surface area contributed by atoms with Crippen molar-refractivity contribution in [2.75, 3.05) is 5.32 Å². The number of halogens is 1. The van der Waals surface area contributed by atoms with Gasteiger partial charge in [0.2, 0.25) is 5.88 Å². The van der Waals surface area contributed by atoms with E-state index >= 15 is 0 Å². The summed E-state index contributed by atoms with van der Waals surface area (Å²) in [6.45, 7) is 4.23. The Kier molecular flexibility index (Phi) is 5.14. The monoisotopic (exact) mass is 365 g/mol. The third-order valence-corrected chi connectivity index (χ3v) is 3.38. The van der Waals surface area contributed by atoms with Crippen LogP contribution in [0.1, 0.15) is 25.3 Å². The number of pyridine rings is 1. The van der Waals surface area contributed by atoms with Gasteiger partial charge in [-0.1, -0.05) is 32.0 Å². The van der Waals surface area contributed by atoms with Crippen LogP contribution in [0.3, 0.4) is 0 Å². The smallest absolute Gasteiger partial charge is 0.244 e. The Morgan fingerprint density at radius 2 is 2.00 bits per heavy atom. The van der Waals surface area contributed by atoms with Gasteiger partial charge in [0.15, 0.2) is 5.11 Å². The number of hydrogen-bond acceptors (Lipinski definition) is 3. The number of aromatic nitrogens is 1. The second kappa shape index (κ2) is 6.87. The first-order valence-electron chi connectivity index (χ1n) is 6.47. The highest BCUT2D eigenvalue weighted by Crippen LogP contribution is 2.33. The van der Waals surface area contributed by atoms with E-state index in [0.29, 0.717) is 22.1 Å². The van der Waals surface area contributed by atoms with E-state index in [-0.39, 0.29) is 5.11 Å². The number of ether oxygens (including phenoxy) is 1. The van der Waals surface area contributed by atoms with Crippen molar-refractivity contribution in [3.05, 3.63) is 46.6 Å². The first-order chi connectivity index (χ1) is 9.97. The zero-order valence-corrected chi connectivity index (χ0v) is 14.2. The molecule has 1 heterocycles. The van der Waals surface area contributed by atoms with E-state index < -0.39 is 0 Å². The lowest BCUT2D eigenvalue weighted by atomic mass is 10.0. The highest BCUT2D eigenvalue weighted by atomic mass is 79.9. The summed E-state index contributed by atoms with van der Waals surface area (Å²) in [5, 5.41) is 3.04. The molecule has 0 saturated carbocycles. The predicted molar refractivity (Wildman–Crippen MR) is 93.0 cm³/mol. The Morgan fingerprint density at radius 1 is 1.29 bits per heavy atom. The minimum atomic E-state index is 0.168. The Bertz CT molecular complexity index is 661. The summed E-state index contributed by atoms with van der Waals surface area (Å²) in [6, 6.07) is 11.5. The molecule has 0 aliphatic carbocycles. The number of hydrogen-bond donors (Lipinski definition) is 2. The molecule has 0 radical (unpaired) electrons. The number of nitrogens with zero attached hydrogens (tertiary/aromatic N) is 1. The first-order valence-corrected chi connectivity index (χ1v) is 7.67. The summed E-state index contributed by atoms with van der Waals surface area (Å²) in [6.07, 6.45) is 0. The van der Waals surface area contributed by atoms with E-state index in [0.717, 1.165) is 11.3 Å². The summed E-state index contributed by atoms with van der Waals surface area (Å²) in [7, 11) is 0. The minimum absolute atomic E-state index is 0.168. The molecule has 3 N–H and O–H groups in total. The fourth-order valence-electron chi connectivity index (χ4n) is 1.88. The lowest BCUT2D eigenvalue weighted by molar-refractivity contribution is 0.456. The number of nitrogens with two attached hydrogens (primary N) is 1. The molecule has 1 aromatic heterocycles. The summed E-state index contributed by atoms with van der Waals surface area (Å²) in [5.41, 5.74) is 7.27. The van der Waals surface area contributed by atoms with Crippen molar-refractivity contribution >= 4 is 38.9 Å². The van der Waals surface area contributed by atoms with Gasteiger partial charge < -0.3 is 15.8 Å². The summed E-state index contributed by atoms with van der Waals surface area (Å²) < 4.78 is 6.64. The first kappa shape index (κ1) is 15.7. The SMILES string of the molecule is CC(C)c1ccccc1Oc1nc(Br)ccc1NC(N)=S. The molecule has 0 saturated heterocycles. The van der Waals surface area contributed by atoms with Crippen LogP contribution in [0.25, 0.3) is 0 Å². The standard InChI is InChI=1S/C15H16BrN3OS/c1-9(2)10-5-3-4-6-12(10)20-14-11(18-15(17)21)7-8-13(16)19-14/h3-9H,1-2H3,(H3,17,18,21). The van der Waals surface area contributed by atoms with Gasteiger partial charge in [-0.25, -0.2) is 4.98 Å². The summed E-state index contributed by atoms with van der Waals surface area (Å²) in [5.74, 6) is 1.54. The molecule has 4 nitrogen and oxygen atoms in total. The van der Waals surface area contributed by atoms with Gasteiger partial charge in [-0.15, -0.1) is 0 Å². The molecule has 0 amide bonds. The lowest BCUT2D eigenvalue weighted by Crippen LogP contribution is -2.19. The van der Waals surface area contributed by atoms with E-state index in [1.165, 1.54) is 0 Å². The molecule has 110 valence electrons. The van der Waals surface area contributed by atoms with Crippen molar-refractivity contribution in [3.63, 3.8) is 0 Å². The zero-order chi connectivity index (χ0) is 15.4. The third-order valence-electron chi connectivity index (χ3n) is 2.83. The van der Waals surface area contributed by atoms with E-state index in [9.17, 15) is 0 Å². The average Bonchev–Trinajstić information content (AvgIpc) is 2.42. The number of thiocarbonyl (C=S) groups is 1. The normalized spacial score (nSPS) is 10.5. The highest BCUT2D eigenvalue weighted by molar-refractivity contribution is 9.10. The van der Waals surface area contributed by atoms with E-state index in [1.807, 2.05) is 30.3 Å². The molecule has 1 aromatic carbocycles. The molecule has 0 fully saturated rings. The van der Waals surface area contributed by atoms with Crippen LogP contribution >= 0.6 is 28.1 Å². The van der Waals surface area contributed by atoms with E-state index in [4.69, 9.17) is 22.7 Å². The maximum Gasteiger partial charge on any atom is 0.244 e. The molecule has 0 aliphatic rings. The fraction of sp³-hybridized carbons (Fsp3) is 0.200. The van der Waals surface area contributed by atoms with Gasteiger partial charge in [0, 0.05) is 0 Å². The van der Waals surface area contributed by atoms with Crippen LogP contribution in [0.15, 0.2) is 41.0 Å². The van der Waals surface area contributed by atoms with Crippen molar-refractivity contribution in [2.24, 2.45) is 5.73 Å². The zero-order valence-electron chi connectivity index (χ0n) is 11.8. The van der Waals surface area contributed by atoms with Crippen LogP contribution < -0.4 is 15.8 Å². The molecule has 0 aliphatic heterocycles. The Labute approximate surface area is 137 Å². The van der Waals surface area contributed by atoms with Crippen LogP contribution in [-0.2, 0) is 0 Å². The van der Waals surface area contributed by atoms with Crippen molar-refractivity contribution < 1.29 is 4.74 Å². The van der Waals surface area contributed by atoms with Gasteiger partial charge in [-0.05, 0) is 57.8 Å². The summed E-state index contributed by atoms with van der Waals surface area (Å²) in [4.78, 5) is 4.34. The minimum Gasteiger partial charge on any atom is -0.437 e. The largest absolute Gasteiger partial charge is 0.437 e. The molecule has 0 spiro atoms. The van der Waals surface area contributed by atoms with Gasteiger partial charge in [0.05, 0.1) is 0 Å². The highest BCUT2D eigenvalue weighted by Gasteiger charge is 2.12. The molecule has 21 heavy (non-hydrogen) atoms. The van der Waals surface area contributed by atoms with E-state index in [1.54, 1.807) is 6.07 Å². The van der Waals surface area contributed by atoms with Crippen molar-refractivity contribution in [2.45, 2.75) is 19.8 Å². The number of nitrogens with one attached hydrogen (secondary N) is 1. The van der Waals surface area contributed by atoms with Crippen molar-refractivity contribution in [1.29, 1.82) is 0 Å². The van der Waals surface area contributed by atoms with Gasteiger partial charge in [0.25, 0.3) is 0 Å². The molecule has 0 bridgehead atoms. The van der Waals surface area contributed by atoms with Crippen LogP contribution in [0.5, 0.6) is 11.6 Å². The van der Waals surface area contributed by atoms with Crippen LogP contribution in [0, 0.1) is 0 Å². The van der Waals surface area contributed by atoms with Crippen molar-refractivity contribution in [3.8, 4) is 11.6 Å². The maximum absolute atomic E-state index is 5.96. The van der Waals surface area contributed by atoms with Gasteiger partial charge in [-0.2, -0.15) is 0 Å². The number of benzene rings is 1. The van der Waals surface area contributed by atoms with Gasteiger partial charge in [-0.3, -0.25) is 0 Å². The van der Waals surface area contributed by atoms with Crippen LogP contribution in [0.4, 0.5) is 5.69 Å². The molecule has 2 aromatic rings. The molecule has 2 rings (SSSR count). The molecule has 0 unspecified atom stereocenters. The second-order valence-corrected chi connectivity index (χ2v) is 6.02. The second-order valence-electron chi connectivity index (χ2n) is 4.77. The molecular formula is C15H16BrN3OS. The molecule has 6 heteroatoms. The Balaban J connectivity index is 2.39. The molecule has 0 atom stereocenters. The third kappa shape index (κ3) is 4.15. The maximum atomic E-state index is 5.96. The number of anilines is 1. The fourth-order valence-corrected chi connectivity index (χ4v) is 2.28. The Hall–Kier alpha value is -1.66. The number of rotatable bonds is 4. The average molecular weight is 366 g/mol. The van der Waals surface area contributed by atoms with Crippen LogP contribution in [-0.4, -0.2) is 10.1 Å². The topological polar surface area (TPSA) is 60.2 Å². The van der Waals surface area contributed by atoms with Gasteiger partial charge >= 0.3 is 0 Å². The van der Waals surface area contributed by atoms with Gasteiger partial charge in [0.1, 0.15) is 16.0 Å². The quantitative estimate of drug-likeness (QED) is 0.620. The molecular weight excluding hydrogens is 350 g/mol.